The number of imide groups is 1. The van der Waals surface area contributed by atoms with Crippen molar-refractivity contribution in [1.29, 1.82) is 0 Å². The molecular formula is C36H33N7O3S. The summed E-state index contributed by atoms with van der Waals surface area (Å²) in [6.07, 6.45) is 1.28. The number of aromatic nitrogens is 3. The molecule has 1 N–H and O–H groups in total. The highest BCUT2D eigenvalue weighted by Gasteiger charge is 2.40. The number of nitrogens with one attached hydrogen (secondary N) is 1. The van der Waals surface area contributed by atoms with Gasteiger partial charge in [0.25, 0.3) is 5.91 Å². The van der Waals surface area contributed by atoms with E-state index in [4.69, 9.17) is 4.98 Å². The molecule has 3 aromatic carbocycles. The molecule has 5 aromatic rings. The molecule has 236 valence electrons. The second-order valence-electron chi connectivity index (χ2n) is 12.4. The second kappa shape index (κ2) is 12.0. The van der Waals surface area contributed by atoms with Crippen LogP contribution in [-0.4, -0.2) is 70.0 Å². The lowest BCUT2D eigenvalue weighted by molar-refractivity contribution is -0.134. The Labute approximate surface area is 276 Å². The number of piperidine rings is 1. The van der Waals surface area contributed by atoms with Gasteiger partial charge in [0.2, 0.25) is 11.8 Å². The van der Waals surface area contributed by atoms with Crippen molar-refractivity contribution in [2.24, 2.45) is 0 Å². The number of rotatable bonds is 7. The summed E-state index contributed by atoms with van der Waals surface area (Å²) in [4.78, 5) is 49.1. The van der Waals surface area contributed by atoms with Crippen LogP contribution in [0.25, 0.3) is 21.5 Å². The zero-order valence-corrected chi connectivity index (χ0v) is 26.8. The third-order valence-corrected chi connectivity index (χ3v) is 10.2. The van der Waals surface area contributed by atoms with Crippen LogP contribution >= 0.6 is 11.3 Å². The summed E-state index contributed by atoms with van der Waals surface area (Å²) in [6.45, 7) is 6.60. The zero-order chi connectivity index (χ0) is 32.1. The fourth-order valence-corrected chi connectivity index (χ4v) is 7.61. The van der Waals surface area contributed by atoms with E-state index in [2.05, 4.69) is 67.8 Å². The molecule has 0 unspecified atom stereocenters. The molecule has 0 radical (unpaired) electrons. The summed E-state index contributed by atoms with van der Waals surface area (Å²) in [5.74, 6) is 0.0928. The Hall–Kier alpha value is -5.00. The minimum Gasteiger partial charge on any atom is -0.354 e. The first kappa shape index (κ1) is 29.4. The van der Waals surface area contributed by atoms with E-state index in [9.17, 15) is 14.4 Å². The molecule has 8 rings (SSSR count). The van der Waals surface area contributed by atoms with Gasteiger partial charge in [-0.1, -0.05) is 59.9 Å². The summed E-state index contributed by atoms with van der Waals surface area (Å²) < 4.78 is 0. The molecule has 11 heteroatoms. The minimum atomic E-state index is -0.684. The van der Waals surface area contributed by atoms with Gasteiger partial charge in [0.1, 0.15) is 22.6 Å². The van der Waals surface area contributed by atoms with E-state index in [0.29, 0.717) is 12.0 Å². The third-order valence-electron chi connectivity index (χ3n) is 9.34. The van der Waals surface area contributed by atoms with Crippen LogP contribution in [0.4, 0.5) is 11.5 Å². The van der Waals surface area contributed by atoms with Crippen LogP contribution in [-0.2, 0) is 22.6 Å². The van der Waals surface area contributed by atoms with Gasteiger partial charge in [0, 0.05) is 50.1 Å². The summed E-state index contributed by atoms with van der Waals surface area (Å²) in [5, 5.41) is 14.5. The van der Waals surface area contributed by atoms with E-state index in [1.807, 2.05) is 37.3 Å². The van der Waals surface area contributed by atoms with Gasteiger partial charge in [0.05, 0.1) is 5.69 Å². The Kier molecular flexibility index (Phi) is 7.49. The molecule has 2 saturated heterocycles. The third kappa shape index (κ3) is 5.55. The van der Waals surface area contributed by atoms with Crippen LogP contribution in [0, 0.1) is 6.92 Å². The molecule has 5 heterocycles. The fraction of sp³-hybridized carbons (Fsp3) is 0.278. The smallest absolute Gasteiger partial charge is 0.259 e. The Balaban J connectivity index is 0.924. The van der Waals surface area contributed by atoms with E-state index < -0.39 is 11.9 Å². The number of hydrogen-bond acceptors (Lipinski definition) is 9. The quantitative estimate of drug-likeness (QED) is 0.253. The molecule has 0 spiro atoms. The van der Waals surface area contributed by atoms with Gasteiger partial charge in [-0.05, 0) is 66.1 Å². The van der Waals surface area contributed by atoms with Gasteiger partial charge in [0.15, 0.2) is 5.01 Å². The largest absolute Gasteiger partial charge is 0.354 e. The van der Waals surface area contributed by atoms with Crippen LogP contribution in [0.5, 0.6) is 0 Å². The standard InChI is InChI=1S/C36H33N7O3S/c1-22-39-40-35(47-22)28-6-3-7-31(37-28)42-18-16-41(17-19-42)21-24-10-8-23(9-11-24)20-25-12-13-29-33-26(25)4-2-5-27(33)36(46)43(29)30-14-15-32(44)38-34(30)45/h2-13,30H,14-21H2,1H3,(H,38,44,45)/t30-/m0/s1. The number of carbonyl (C=O) groups excluding carboxylic acids is 3. The molecular weight excluding hydrogens is 611 g/mol. The topological polar surface area (TPSA) is 112 Å². The number of nitrogens with zero attached hydrogens (tertiary/aromatic N) is 6. The maximum atomic E-state index is 13.5. The predicted octanol–water partition coefficient (Wildman–Crippen LogP) is 4.74. The van der Waals surface area contributed by atoms with Gasteiger partial charge in [-0.25, -0.2) is 4.98 Å². The number of aryl methyl sites for hydroxylation is 1. The van der Waals surface area contributed by atoms with Crippen LogP contribution < -0.4 is 15.1 Å². The predicted molar refractivity (Wildman–Crippen MR) is 182 cm³/mol. The molecule has 3 aliphatic heterocycles. The van der Waals surface area contributed by atoms with E-state index >= 15 is 0 Å². The first-order chi connectivity index (χ1) is 22.9. The number of amides is 3. The van der Waals surface area contributed by atoms with E-state index in [-0.39, 0.29) is 18.2 Å². The maximum Gasteiger partial charge on any atom is 0.259 e. The van der Waals surface area contributed by atoms with Gasteiger partial charge < -0.3 is 4.90 Å². The van der Waals surface area contributed by atoms with Gasteiger partial charge in [-0.2, -0.15) is 0 Å². The highest BCUT2D eigenvalue weighted by molar-refractivity contribution is 7.14. The van der Waals surface area contributed by atoms with Gasteiger partial charge in [-0.15, -0.1) is 10.2 Å². The molecule has 2 fully saturated rings. The zero-order valence-electron chi connectivity index (χ0n) is 26.0. The highest BCUT2D eigenvalue weighted by Crippen LogP contribution is 2.41. The lowest BCUT2D eigenvalue weighted by atomic mass is 9.95. The number of hydrogen-bond donors (Lipinski definition) is 1. The Morgan fingerprint density at radius 2 is 1.66 bits per heavy atom. The van der Waals surface area contributed by atoms with Crippen molar-refractivity contribution in [3.05, 3.63) is 100 Å². The normalized spacial score (nSPS) is 18.3. The van der Waals surface area contributed by atoms with Crippen molar-refractivity contribution in [1.82, 2.24) is 25.4 Å². The number of piperazine rings is 1. The first-order valence-electron chi connectivity index (χ1n) is 16.0. The Bertz CT molecular complexity index is 2030. The lowest BCUT2D eigenvalue weighted by Crippen LogP contribution is -2.53. The number of carbonyl (C=O) groups is 3. The van der Waals surface area contributed by atoms with E-state index in [1.54, 1.807) is 16.2 Å². The van der Waals surface area contributed by atoms with Crippen molar-refractivity contribution in [2.75, 3.05) is 36.0 Å². The Morgan fingerprint density at radius 1 is 0.872 bits per heavy atom. The average molecular weight is 644 g/mol. The van der Waals surface area contributed by atoms with Crippen LogP contribution in [0.2, 0.25) is 0 Å². The molecule has 0 bridgehead atoms. The molecule has 0 saturated carbocycles. The van der Waals surface area contributed by atoms with Gasteiger partial charge in [-0.3, -0.25) is 29.5 Å². The molecule has 47 heavy (non-hydrogen) atoms. The molecule has 2 aromatic heterocycles. The van der Waals surface area contributed by atoms with E-state index in [1.165, 1.54) is 11.1 Å². The number of benzene rings is 3. The second-order valence-corrected chi connectivity index (χ2v) is 13.6. The summed E-state index contributed by atoms with van der Waals surface area (Å²) >= 11 is 1.56. The van der Waals surface area contributed by atoms with Gasteiger partial charge >= 0.3 is 0 Å². The van der Waals surface area contributed by atoms with E-state index in [0.717, 1.165) is 82.7 Å². The molecule has 3 aliphatic rings. The number of anilines is 2. The fourth-order valence-electron chi connectivity index (χ4n) is 6.95. The van der Waals surface area contributed by atoms with Crippen LogP contribution in [0.3, 0.4) is 0 Å². The van der Waals surface area contributed by atoms with Crippen molar-refractivity contribution < 1.29 is 14.4 Å². The molecule has 3 amide bonds. The molecule has 1 atom stereocenters. The summed E-state index contributed by atoms with van der Waals surface area (Å²) in [6, 6.07) is 24.0. The highest BCUT2D eigenvalue weighted by atomic mass is 32.1. The molecule has 0 aliphatic carbocycles. The lowest BCUT2D eigenvalue weighted by Gasteiger charge is -2.35. The van der Waals surface area contributed by atoms with Crippen molar-refractivity contribution in [2.45, 2.75) is 38.8 Å². The van der Waals surface area contributed by atoms with Crippen LogP contribution in [0.1, 0.15) is 44.9 Å². The van der Waals surface area contributed by atoms with Crippen molar-refractivity contribution in [3.8, 4) is 10.7 Å². The minimum absolute atomic E-state index is 0.185. The average Bonchev–Trinajstić information content (AvgIpc) is 3.65. The first-order valence-corrected chi connectivity index (χ1v) is 16.8. The SMILES string of the molecule is Cc1nnc(-c2cccc(N3CCN(Cc4ccc(Cc5ccc6c7c(cccc57)C(=O)N6[C@H]5CCC(=O)NC5=O)cc4)CC3)n2)s1. The van der Waals surface area contributed by atoms with Crippen molar-refractivity contribution >= 4 is 51.3 Å². The Morgan fingerprint density at radius 3 is 2.43 bits per heavy atom. The maximum absolute atomic E-state index is 13.5. The molecule has 10 nitrogen and oxygen atoms in total. The van der Waals surface area contributed by atoms with Crippen LogP contribution in [0.15, 0.2) is 72.8 Å². The summed E-state index contributed by atoms with van der Waals surface area (Å²) in [7, 11) is 0. The number of pyridine rings is 1. The van der Waals surface area contributed by atoms with Crippen molar-refractivity contribution in [3.63, 3.8) is 0 Å². The summed E-state index contributed by atoms with van der Waals surface area (Å²) in [5.41, 5.74) is 5.82. The monoisotopic (exact) mass is 643 g/mol.